The van der Waals surface area contributed by atoms with Crippen LogP contribution in [0.1, 0.15) is 27.8 Å². The molecule has 2 heterocycles. The summed E-state index contributed by atoms with van der Waals surface area (Å²) < 4.78 is 7.25. The number of carbonyl (C=O) groups excluding carboxylic acids is 1. The molecule has 0 aliphatic heterocycles. The molecule has 0 bridgehead atoms. The second-order valence-electron chi connectivity index (χ2n) is 6.19. The van der Waals surface area contributed by atoms with Gasteiger partial charge in [-0.2, -0.15) is 5.10 Å². The predicted octanol–water partition coefficient (Wildman–Crippen LogP) is 3.38. The van der Waals surface area contributed by atoms with Gasteiger partial charge in [-0.25, -0.2) is 4.98 Å². The summed E-state index contributed by atoms with van der Waals surface area (Å²) in [6.07, 6.45) is 2.77. The molecule has 9 heteroatoms. The Labute approximate surface area is 167 Å². The van der Waals surface area contributed by atoms with Crippen molar-refractivity contribution in [3.8, 4) is 0 Å². The summed E-state index contributed by atoms with van der Waals surface area (Å²) in [7, 11) is 3.38. The van der Waals surface area contributed by atoms with Gasteiger partial charge in [-0.3, -0.25) is 9.48 Å². The van der Waals surface area contributed by atoms with Crippen LogP contribution in [0.15, 0.2) is 42.7 Å². The van der Waals surface area contributed by atoms with Gasteiger partial charge < -0.3 is 21.1 Å². The van der Waals surface area contributed by atoms with E-state index >= 15 is 0 Å². The van der Waals surface area contributed by atoms with Crippen LogP contribution in [0.2, 0.25) is 5.02 Å². The second-order valence-corrected chi connectivity index (χ2v) is 6.60. The Morgan fingerprint density at radius 2 is 2.07 bits per heavy atom. The number of ether oxygens (including phenoxy) is 1. The molecule has 0 fully saturated rings. The zero-order chi connectivity index (χ0) is 20.3. The van der Waals surface area contributed by atoms with Gasteiger partial charge in [0.25, 0.3) is 0 Å². The van der Waals surface area contributed by atoms with E-state index in [4.69, 9.17) is 22.1 Å². The SMILES string of the molecule is COC(Nc1cc(Nc2cn(C)nc2C)ncc1Cl)c1ccccc1C(N)=O. The molecular weight excluding hydrogens is 380 g/mol. The van der Waals surface area contributed by atoms with Crippen LogP contribution in [0.5, 0.6) is 0 Å². The average molecular weight is 401 g/mol. The maximum absolute atomic E-state index is 11.7. The van der Waals surface area contributed by atoms with Crippen LogP contribution >= 0.6 is 11.6 Å². The van der Waals surface area contributed by atoms with Gasteiger partial charge in [0.2, 0.25) is 5.91 Å². The summed E-state index contributed by atoms with van der Waals surface area (Å²) in [5, 5.41) is 11.1. The number of nitrogens with zero attached hydrogens (tertiary/aromatic N) is 3. The molecule has 0 saturated heterocycles. The first-order valence-corrected chi connectivity index (χ1v) is 8.87. The maximum atomic E-state index is 11.7. The lowest BCUT2D eigenvalue weighted by atomic mass is 10.1. The normalized spacial score (nSPS) is 11.9. The lowest BCUT2D eigenvalue weighted by Crippen LogP contribution is -2.20. The highest BCUT2D eigenvalue weighted by Crippen LogP contribution is 2.30. The van der Waals surface area contributed by atoms with Crippen LogP contribution in [-0.2, 0) is 11.8 Å². The molecule has 3 aromatic rings. The Bertz CT molecular complexity index is 1000. The Morgan fingerprint density at radius 1 is 1.32 bits per heavy atom. The smallest absolute Gasteiger partial charge is 0.249 e. The lowest BCUT2D eigenvalue weighted by molar-refractivity contribution is 0.0983. The van der Waals surface area contributed by atoms with Crippen LogP contribution in [0.4, 0.5) is 17.2 Å². The second kappa shape index (κ2) is 8.28. The highest BCUT2D eigenvalue weighted by atomic mass is 35.5. The van der Waals surface area contributed by atoms with Crippen LogP contribution in [0, 0.1) is 6.92 Å². The molecule has 1 amide bonds. The van der Waals surface area contributed by atoms with Crippen molar-refractivity contribution in [3.63, 3.8) is 0 Å². The topological polar surface area (TPSA) is 107 Å². The molecule has 0 aliphatic rings. The number of rotatable bonds is 7. The molecule has 0 spiro atoms. The number of pyridine rings is 1. The van der Waals surface area contributed by atoms with Crippen molar-refractivity contribution in [2.45, 2.75) is 13.2 Å². The number of halogens is 1. The third-order valence-electron chi connectivity index (χ3n) is 4.16. The molecule has 1 unspecified atom stereocenters. The lowest BCUT2D eigenvalue weighted by Gasteiger charge is -2.21. The summed E-state index contributed by atoms with van der Waals surface area (Å²) in [5.41, 5.74) is 8.74. The van der Waals surface area contributed by atoms with E-state index in [2.05, 4.69) is 20.7 Å². The Kier molecular flexibility index (Phi) is 5.81. The fourth-order valence-corrected chi connectivity index (χ4v) is 2.99. The average Bonchev–Trinajstić information content (AvgIpc) is 2.99. The Hall–Kier alpha value is -3.10. The molecule has 4 N–H and O–H groups in total. The number of carbonyl (C=O) groups is 1. The van der Waals surface area contributed by atoms with Crippen molar-refractivity contribution < 1.29 is 9.53 Å². The van der Waals surface area contributed by atoms with Gasteiger partial charge in [-0.1, -0.05) is 29.8 Å². The number of hydrogen-bond donors (Lipinski definition) is 3. The molecule has 1 aromatic carbocycles. The van der Waals surface area contributed by atoms with Crippen molar-refractivity contribution in [2.75, 3.05) is 17.7 Å². The van der Waals surface area contributed by atoms with Crippen molar-refractivity contribution >= 4 is 34.7 Å². The number of hydrogen-bond acceptors (Lipinski definition) is 6. The van der Waals surface area contributed by atoms with Gasteiger partial charge in [0.1, 0.15) is 5.82 Å². The number of amides is 1. The minimum Gasteiger partial charge on any atom is -0.366 e. The van der Waals surface area contributed by atoms with E-state index in [1.165, 1.54) is 13.3 Å². The number of nitrogens with one attached hydrogen (secondary N) is 2. The Balaban J connectivity index is 1.88. The number of methoxy groups -OCH3 is 1. The van der Waals surface area contributed by atoms with E-state index in [-0.39, 0.29) is 0 Å². The molecule has 146 valence electrons. The van der Waals surface area contributed by atoms with Crippen molar-refractivity contribution in [2.24, 2.45) is 12.8 Å². The molecule has 3 rings (SSSR count). The minimum atomic E-state index is -0.628. The number of anilines is 3. The van der Waals surface area contributed by atoms with Crippen molar-refractivity contribution in [1.29, 1.82) is 0 Å². The van der Waals surface area contributed by atoms with Crippen LogP contribution in [0.3, 0.4) is 0 Å². The molecule has 0 aliphatic carbocycles. The van der Waals surface area contributed by atoms with Gasteiger partial charge in [0, 0.05) is 37.5 Å². The monoisotopic (exact) mass is 400 g/mol. The first-order valence-electron chi connectivity index (χ1n) is 8.50. The van der Waals surface area contributed by atoms with Gasteiger partial charge in [0.05, 0.1) is 28.3 Å². The summed E-state index contributed by atoms with van der Waals surface area (Å²) in [6.45, 7) is 1.90. The number of aromatic nitrogens is 3. The first kappa shape index (κ1) is 19.7. The summed E-state index contributed by atoms with van der Waals surface area (Å²) in [5.74, 6) is 0.0516. The molecule has 1 atom stereocenters. The van der Waals surface area contributed by atoms with Gasteiger partial charge in [0.15, 0.2) is 6.23 Å². The van der Waals surface area contributed by atoms with Crippen LogP contribution in [0.25, 0.3) is 0 Å². The quantitative estimate of drug-likeness (QED) is 0.525. The number of aryl methyl sites for hydroxylation is 2. The zero-order valence-corrected chi connectivity index (χ0v) is 16.5. The third kappa shape index (κ3) is 4.24. The van der Waals surface area contributed by atoms with Crippen LogP contribution in [-0.4, -0.2) is 27.8 Å². The van der Waals surface area contributed by atoms with Crippen molar-refractivity contribution in [1.82, 2.24) is 14.8 Å². The fourth-order valence-electron chi connectivity index (χ4n) is 2.83. The number of nitrogens with two attached hydrogens (primary N) is 1. The largest absolute Gasteiger partial charge is 0.366 e. The van der Waals surface area contributed by atoms with Gasteiger partial charge >= 0.3 is 0 Å². The fraction of sp³-hybridized carbons (Fsp3) is 0.211. The molecular formula is C19H21ClN6O2. The maximum Gasteiger partial charge on any atom is 0.249 e. The van der Waals surface area contributed by atoms with Gasteiger partial charge in [-0.05, 0) is 13.0 Å². The predicted molar refractivity (Wildman–Crippen MR) is 109 cm³/mol. The first-order chi connectivity index (χ1) is 13.4. The molecule has 0 radical (unpaired) electrons. The standard InChI is InChI=1S/C19H21ClN6O2/c1-11-16(10-26(2)25-11)23-17-8-15(14(20)9-22-17)24-19(28-3)13-7-5-4-6-12(13)18(21)27/h4-10,19H,1-3H3,(H2,21,27)(H2,22,23,24). The third-order valence-corrected chi connectivity index (χ3v) is 4.46. The van der Waals surface area contributed by atoms with E-state index in [9.17, 15) is 4.79 Å². The molecule has 0 saturated carbocycles. The van der Waals surface area contributed by atoms with Crippen molar-refractivity contribution in [3.05, 3.63) is 64.6 Å². The van der Waals surface area contributed by atoms with E-state index in [1.54, 1.807) is 28.9 Å². The number of benzene rings is 1. The highest BCUT2D eigenvalue weighted by molar-refractivity contribution is 6.33. The molecule has 8 nitrogen and oxygen atoms in total. The molecule has 2 aromatic heterocycles. The highest BCUT2D eigenvalue weighted by Gasteiger charge is 2.18. The van der Waals surface area contributed by atoms with E-state index in [1.807, 2.05) is 26.2 Å². The zero-order valence-electron chi connectivity index (χ0n) is 15.7. The summed E-state index contributed by atoms with van der Waals surface area (Å²) in [6, 6.07) is 8.73. The van der Waals surface area contributed by atoms with E-state index in [0.717, 1.165) is 11.4 Å². The van der Waals surface area contributed by atoms with Gasteiger partial charge in [-0.15, -0.1) is 0 Å². The number of primary amides is 1. The van der Waals surface area contributed by atoms with Crippen LogP contribution < -0.4 is 16.4 Å². The summed E-state index contributed by atoms with van der Waals surface area (Å²) >= 11 is 6.31. The van der Waals surface area contributed by atoms with E-state index < -0.39 is 12.1 Å². The van der Waals surface area contributed by atoms with E-state index in [0.29, 0.717) is 27.7 Å². The summed E-state index contributed by atoms with van der Waals surface area (Å²) in [4.78, 5) is 16.0. The molecule has 28 heavy (non-hydrogen) atoms. The Morgan fingerprint density at radius 3 is 2.71 bits per heavy atom. The minimum absolute atomic E-state index is 0.372.